The van der Waals surface area contributed by atoms with Gasteiger partial charge in [-0.1, -0.05) is 51.6 Å². The molecule has 7 heteroatoms. The van der Waals surface area contributed by atoms with Crippen LogP contribution in [0.15, 0.2) is 67.6 Å². The van der Waals surface area contributed by atoms with Crippen LogP contribution < -0.4 is 5.32 Å². The Hall–Kier alpha value is -4.26. The summed E-state index contributed by atoms with van der Waals surface area (Å²) in [6, 6.07) is 13.5. The van der Waals surface area contributed by atoms with Gasteiger partial charge in [-0.3, -0.25) is 9.59 Å². The summed E-state index contributed by atoms with van der Waals surface area (Å²) in [5.74, 6) is -0.338. The lowest BCUT2D eigenvalue weighted by molar-refractivity contribution is -0.125. The molecule has 0 bridgehead atoms. The first-order valence-corrected chi connectivity index (χ1v) is 11.8. The van der Waals surface area contributed by atoms with Crippen molar-refractivity contribution in [2.75, 3.05) is 12.4 Å². The number of benzene rings is 2. The fourth-order valence-corrected chi connectivity index (χ4v) is 4.19. The number of anilines is 1. The van der Waals surface area contributed by atoms with E-state index in [9.17, 15) is 9.59 Å². The first kappa shape index (κ1) is 24.9. The molecule has 7 nitrogen and oxygen atoms in total. The third kappa shape index (κ3) is 4.91. The molecule has 2 aromatic heterocycles. The van der Waals surface area contributed by atoms with Crippen molar-refractivity contribution in [3.05, 3.63) is 89.9 Å². The summed E-state index contributed by atoms with van der Waals surface area (Å²) in [5, 5.41) is 3.89. The number of rotatable bonds is 6. The molecule has 184 valence electrons. The van der Waals surface area contributed by atoms with E-state index in [0.717, 1.165) is 27.8 Å². The lowest BCUT2D eigenvalue weighted by Crippen LogP contribution is -2.23. The first-order valence-electron chi connectivity index (χ1n) is 11.8. The maximum Gasteiger partial charge on any atom is 0.255 e. The highest BCUT2D eigenvalue weighted by atomic mass is 16.2. The molecule has 2 amide bonds. The summed E-state index contributed by atoms with van der Waals surface area (Å²) >= 11 is 0. The van der Waals surface area contributed by atoms with Crippen LogP contribution in [-0.4, -0.2) is 38.7 Å². The molecule has 0 radical (unpaired) electrons. The van der Waals surface area contributed by atoms with Gasteiger partial charge < -0.3 is 15.2 Å². The third-order valence-electron chi connectivity index (χ3n) is 6.36. The van der Waals surface area contributed by atoms with Crippen molar-refractivity contribution in [1.82, 2.24) is 19.9 Å². The molecule has 2 aromatic carbocycles. The zero-order chi connectivity index (χ0) is 26.0. The van der Waals surface area contributed by atoms with E-state index in [-0.39, 0.29) is 17.2 Å². The van der Waals surface area contributed by atoms with E-state index in [1.54, 1.807) is 11.9 Å². The average molecular weight is 482 g/mol. The monoisotopic (exact) mass is 481 g/mol. The molecule has 2 N–H and O–H groups in total. The van der Waals surface area contributed by atoms with E-state index in [4.69, 9.17) is 0 Å². The number of H-pyrrole nitrogens is 1. The van der Waals surface area contributed by atoms with E-state index in [0.29, 0.717) is 23.4 Å². The van der Waals surface area contributed by atoms with E-state index in [1.807, 2.05) is 55.6 Å². The van der Waals surface area contributed by atoms with Gasteiger partial charge in [0.15, 0.2) is 0 Å². The molecule has 0 unspecified atom stereocenters. The van der Waals surface area contributed by atoms with Crippen LogP contribution in [-0.2, 0) is 16.8 Å². The molecule has 0 aliphatic heterocycles. The number of hydrogen-bond acceptors (Lipinski definition) is 4. The number of nitrogens with one attached hydrogen (secondary N) is 2. The minimum Gasteiger partial charge on any atom is -0.346 e. The Balaban J connectivity index is 1.67. The molecule has 2 heterocycles. The molecule has 0 fully saturated rings. The van der Waals surface area contributed by atoms with E-state index in [1.165, 1.54) is 18.0 Å². The molecule has 0 saturated heterocycles. The first-order chi connectivity index (χ1) is 17.1. The van der Waals surface area contributed by atoms with E-state index >= 15 is 0 Å². The minimum absolute atomic E-state index is 0.0215. The van der Waals surface area contributed by atoms with Crippen molar-refractivity contribution in [1.29, 1.82) is 0 Å². The van der Waals surface area contributed by atoms with Gasteiger partial charge in [0.25, 0.3) is 5.91 Å². The Labute approximate surface area is 211 Å². The van der Waals surface area contributed by atoms with Gasteiger partial charge in [-0.15, -0.1) is 0 Å². The molecule has 0 spiro atoms. The fourth-order valence-electron chi connectivity index (χ4n) is 4.19. The van der Waals surface area contributed by atoms with Gasteiger partial charge in [-0.2, -0.15) is 0 Å². The second-order valence-corrected chi connectivity index (χ2v) is 9.92. The van der Waals surface area contributed by atoms with E-state index < -0.39 is 0 Å². The third-order valence-corrected chi connectivity index (χ3v) is 6.36. The molecule has 36 heavy (non-hydrogen) atoms. The maximum atomic E-state index is 13.0. The Morgan fingerprint density at radius 1 is 1.11 bits per heavy atom. The zero-order valence-corrected chi connectivity index (χ0v) is 21.3. The second-order valence-electron chi connectivity index (χ2n) is 9.92. The number of amides is 2. The topological polar surface area (TPSA) is 91.0 Å². The lowest BCUT2D eigenvalue weighted by atomic mass is 9.86. The Bertz CT molecular complexity index is 1450. The summed E-state index contributed by atoms with van der Waals surface area (Å²) < 4.78 is 0. The largest absolute Gasteiger partial charge is 0.346 e. The predicted octanol–water partition coefficient (Wildman–Crippen LogP) is 5.63. The number of carbonyl (C=O) groups excluding carboxylic acids is 2. The van der Waals surface area contributed by atoms with Crippen LogP contribution in [0.3, 0.4) is 0 Å². The molecule has 0 aliphatic carbocycles. The minimum atomic E-state index is -0.171. The number of nitrogens with zero attached hydrogens (tertiary/aromatic N) is 3. The van der Waals surface area contributed by atoms with Crippen molar-refractivity contribution in [3.63, 3.8) is 0 Å². The summed E-state index contributed by atoms with van der Waals surface area (Å²) in [5.41, 5.74) is 6.58. The highest BCUT2D eigenvalue weighted by molar-refractivity contribution is 6.05. The Kier molecular flexibility index (Phi) is 6.75. The number of hydrogen-bond donors (Lipinski definition) is 2. The quantitative estimate of drug-likeness (QED) is 0.349. The highest BCUT2D eigenvalue weighted by Gasteiger charge is 2.19. The number of fused-ring (bicyclic) bond motifs is 1. The van der Waals surface area contributed by atoms with Crippen LogP contribution in [0, 0.1) is 6.92 Å². The molecule has 4 rings (SSSR count). The van der Waals surface area contributed by atoms with Gasteiger partial charge in [-0.05, 0) is 47.7 Å². The van der Waals surface area contributed by atoms with Crippen molar-refractivity contribution in [2.45, 2.75) is 39.7 Å². The summed E-state index contributed by atoms with van der Waals surface area (Å²) in [6.45, 7) is 12.3. The van der Waals surface area contributed by atoms with Gasteiger partial charge in [-0.25, -0.2) is 9.97 Å². The maximum absolute atomic E-state index is 13.0. The van der Waals surface area contributed by atoms with Gasteiger partial charge in [0.05, 0.1) is 11.1 Å². The van der Waals surface area contributed by atoms with Gasteiger partial charge in [0.2, 0.25) is 5.91 Å². The molecule has 0 atom stereocenters. The van der Waals surface area contributed by atoms with Crippen molar-refractivity contribution in [2.24, 2.45) is 0 Å². The number of carbonyl (C=O) groups is 2. The van der Waals surface area contributed by atoms with Crippen molar-refractivity contribution in [3.8, 4) is 11.3 Å². The Morgan fingerprint density at radius 3 is 2.50 bits per heavy atom. The number of aromatic amines is 1. The lowest BCUT2D eigenvalue weighted by Gasteiger charge is -2.19. The molecular formula is C29H31N5O2. The molecule has 0 saturated carbocycles. The van der Waals surface area contributed by atoms with Crippen LogP contribution in [0.1, 0.15) is 47.8 Å². The van der Waals surface area contributed by atoms with Crippen LogP contribution in [0.5, 0.6) is 0 Å². The summed E-state index contributed by atoms with van der Waals surface area (Å²) in [7, 11) is 1.72. The van der Waals surface area contributed by atoms with Gasteiger partial charge >= 0.3 is 0 Å². The van der Waals surface area contributed by atoms with Crippen LogP contribution in [0.4, 0.5) is 5.69 Å². The molecular weight excluding hydrogens is 450 g/mol. The van der Waals surface area contributed by atoms with E-state index in [2.05, 4.69) is 47.6 Å². The van der Waals surface area contributed by atoms with Crippen LogP contribution in [0.2, 0.25) is 0 Å². The van der Waals surface area contributed by atoms with Gasteiger partial charge in [0.1, 0.15) is 12.0 Å². The highest BCUT2D eigenvalue weighted by Crippen LogP contribution is 2.34. The van der Waals surface area contributed by atoms with Crippen molar-refractivity contribution >= 4 is 28.5 Å². The smallest absolute Gasteiger partial charge is 0.255 e. The van der Waals surface area contributed by atoms with Crippen molar-refractivity contribution < 1.29 is 9.59 Å². The Morgan fingerprint density at radius 2 is 1.83 bits per heavy atom. The van der Waals surface area contributed by atoms with Crippen LogP contribution in [0.25, 0.3) is 22.3 Å². The fraction of sp³-hybridized carbons (Fsp3) is 0.241. The summed E-state index contributed by atoms with van der Waals surface area (Å²) in [6.07, 6.45) is 4.65. The molecule has 4 aromatic rings. The van der Waals surface area contributed by atoms with Crippen LogP contribution >= 0.6 is 0 Å². The standard InChI is InChI=1S/C29H31N5O2/c1-7-24(35)34(6)16-20-15-30-27-25(20)26(31-17-32-27)22-9-8-10-23(18(22)2)33-28(36)19-11-13-21(14-12-19)29(3,4)5/h7-15,17H,1,16H2,2-6H3,(H,33,36)(H,30,31,32). The average Bonchev–Trinajstić information content (AvgIpc) is 3.27. The number of aromatic nitrogens is 3. The SMILES string of the molecule is C=CC(=O)N(C)Cc1c[nH]c2ncnc(-c3cccc(NC(=O)c4ccc(C(C)(C)C)cc4)c3C)c12. The van der Waals surface area contributed by atoms with Gasteiger partial charge in [0, 0.05) is 42.2 Å². The summed E-state index contributed by atoms with van der Waals surface area (Å²) in [4.78, 5) is 38.8. The number of likely N-dealkylation sites (N-methyl/N-ethyl adjacent to an activating group) is 1. The second kappa shape index (κ2) is 9.77. The molecule has 0 aliphatic rings. The zero-order valence-electron chi connectivity index (χ0n) is 21.3. The predicted molar refractivity (Wildman–Crippen MR) is 144 cm³/mol. The normalized spacial score (nSPS) is 11.4.